The van der Waals surface area contributed by atoms with Crippen LogP contribution in [0.25, 0.3) is 0 Å². The number of imidazole rings is 1. The van der Waals surface area contributed by atoms with E-state index < -0.39 is 17.2 Å². The number of thioether (sulfide) groups is 1. The number of hydrogen-bond acceptors (Lipinski definition) is 4. The van der Waals surface area contributed by atoms with Crippen LogP contribution >= 0.6 is 11.8 Å². The lowest BCUT2D eigenvalue weighted by atomic mass is 10.0. The number of carboxylic acid groups (broad SMARTS) is 2. The topological polar surface area (TPSA) is 92.4 Å². The van der Waals surface area contributed by atoms with E-state index >= 15 is 0 Å². The standard InChI is InChI=1S/C23H32N2O4S/c26-22(27)13-17-30-20(23(28)29)18-21-24-14-16-25(21)15-9-4-2-1-3-6-10-19-11-7-5-8-12-19/h5,7-8,11-12,14,16,20H,1-4,6,9-10,13,15,17-18H2,(H,26,27)(H,28,29). The second-order valence-electron chi connectivity index (χ2n) is 7.44. The number of carboxylic acids is 2. The molecule has 0 aliphatic rings. The zero-order chi connectivity index (χ0) is 21.6. The number of aryl methyl sites for hydroxylation is 2. The molecule has 6 nitrogen and oxygen atoms in total. The van der Waals surface area contributed by atoms with E-state index in [1.807, 2.05) is 10.8 Å². The minimum Gasteiger partial charge on any atom is -0.481 e. The monoisotopic (exact) mass is 432 g/mol. The largest absolute Gasteiger partial charge is 0.481 e. The van der Waals surface area contributed by atoms with Crippen LogP contribution in [-0.2, 0) is 29.0 Å². The maximum Gasteiger partial charge on any atom is 0.317 e. The Bertz CT molecular complexity index is 764. The number of nitrogens with zero attached hydrogens (tertiary/aromatic N) is 2. The summed E-state index contributed by atoms with van der Waals surface area (Å²) in [6, 6.07) is 10.6. The van der Waals surface area contributed by atoms with Crippen LogP contribution in [0, 0.1) is 0 Å². The molecule has 1 heterocycles. The van der Waals surface area contributed by atoms with Gasteiger partial charge in [0.15, 0.2) is 0 Å². The first-order chi connectivity index (χ1) is 14.6. The smallest absolute Gasteiger partial charge is 0.317 e. The second-order valence-corrected chi connectivity index (χ2v) is 8.75. The number of aliphatic carboxylic acids is 2. The molecule has 0 aliphatic carbocycles. The molecule has 2 N–H and O–H groups in total. The molecule has 0 aliphatic heterocycles. The van der Waals surface area contributed by atoms with Crippen molar-refractivity contribution < 1.29 is 19.8 Å². The van der Waals surface area contributed by atoms with E-state index in [4.69, 9.17) is 5.11 Å². The van der Waals surface area contributed by atoms with E-state index in [2.05, 4.69) is 35.3 Å². The van der Waals surface area contributed by atoms with Gasteiger partial charge in [-0.1, -0.05) is 56.0 Å². The normalized spacial score (nSPS) is 12.0. The van der Waals surface area contributed by atoms with Gasteiger partial charge in [-0.25, -0.2) is 4.98 Å². The van der Waals surface area contributed by atoms with Crippen molar-refractivity contribution >= 4 is 23.7 Å². The Labute approximate surface area is 182 Å². The van der Waals surface area contributed by atoms with Gasteiger partial charge in [0.1, 0.15) is 11.1 Å². The molecule has 1 aromatic heterocycles. The van der Waals surface area contributed by atoms with Crippen LogP contribution < -0.4 is 0 Å². The number of rotatable bonds is 16. The summed E-state index contributed by atoms with van der Waals surface area (Å²) in [4.78, 5) is 26.4. The Morgan fingerprint density at radius 2 is 1.70 bits per heavy atom. The highest BCUT2D eigenvalue weighted by Crippen LogP contribution is 2.18. The van der Waals surface area contributed by atoms with Crippen molar-refractivity contribution in [3.05, 3.63) is 54.1 Å². The molecular formula is C23H32N2O4S. The Balaban J connectivity index is 1.62. The van der Waals surface area contributed by atoms with E-state index in [0.29, 0.717) is 6.42 Å². The van der Waals surface area contributed by atoms with Crippen molar-refractivity contribution in [2.75, 3.05) is 5.75 Å². The molecule has 0 amide bonds. The van der Waals surface area contributed by atoms with E-state index in [9.17, 15) is 14.7 Å². The minimum atomic E-state index is -0.921. The summed E-state index contributed by atoms with van der Waals surface area (Å²) in [7, 11) is 0. The zero-order valence-corrected chi connectivity index (χ0v) is 18.2. The molecule has 164 valence electrons. The van der Waals surface area contributed by atoms with Gasteiger partial charge in [0.25, 0.3) is 0 Å². The van der Waals surface area contributed by atoms with Crippen molar-refractivity contribution in [3.63, 3.8) is 0 Å². The second kappa shape index (κ2) is 13.9. The van der Waals surface area contributed by atoms with Crippen molar-refractivity contribution in [1.29, 1.82) is 0 Å². The van der Waals surface area contributed by atoms with Crippen LogP contribution in [0.3, 0.4) is 0 Å². The Kier molecular flexibility index (Phi) is 11.1. The van der Waals surface area contributed by atoms with Crippen molar-refractivity contribution in [2.45, 2.75) is 69.6 Å². The Morgan fingerprint density at radius 1 is 1.00 bits per heavy atom. The Hall–Kier alpha value is -2.28. The van der Waals surface area contributed by atoms with Crippen molar-refractivity contribution in [2.24, 2.45) is 0 Å². The first-order valence-corrected chi connectivity index (χ1v) is 11.7. The molecule has 0 fully saturated rings. The molecule has 1 unspecified atom stereocenters. The fraction of sp³-hybridized carbons (Fsp3) is 0.522. The van der Waals surface area contributed by atoms with Crippen molar-refractivity contribution in [3.8, 4) is 0 Å². The summed E-state index contributed by atoms with van der Waals surface area (Å²) >= 11 is 1.17. The summed E-state index contributed by atoms with van der Waals surface area (Å²) in [6.45, 7) is 0.839. The molecule has 0 radical (unpaired) electrons. The zero-order valence-electron chi connectivity index (χ0n) is 17.4. The van der Waals surface area contributed by atoms with Crippen LogP contribution in [0.5, 0.6) is 0 Å². The third kappa shape index (κ3) is 9.48. The maximum atomic E-state index is 11.5. The predicted octanol–water partition coefficient (Wildman–Crippen LogP) is 4.67. The highest BCUT2D eigenvalue weighted by atomic mass is 32.2. The van der Waals surface area contributed by atoms with E-state index in [1.165, 1.54) is 43.0 Å². The number of benzene rings is 1. The molecule has 7 heteroatoms. The predicted molar refractivity (Wildman–Crippen MR) is 120 cm³/mol. The average molecular weight is 433 g/mol. The summed E-state index contributed by atoms with van der Waals surface area (Å²) in [6.07, 6.45) is 12.2. The quantitative estimate of drug-likeness (QED) is 0.375. The fourth-order valence-corrected chi connectivity index (χ4v) is 4.35. The van der Waals surface area contributed by atoms with Gasteiger partial charge in [-0.3, -0.25) is 9.59 Å². The molecule has 2 rings (SSSR count). The van der Waals surface area contributed by atoms with Gasteiger partial charge in [-0.15, -0.1) is 11.8 Å². The van der Waals surface area contributed by atoms with Gasteiger partial charge in [0, 0.05) is 31.1 Å². The molecule has 30 heavy (non-hydrogen) atoms. The molecule has 0 spiro atoms. The van der Waals surface area contributed by atoms with Gasteiger partial charge in [-0.05, 0) is 24.8 Å². The molecular weight excluding hydrogens is 400 g/mol. The van der Waals surface area contributed by atoms with Crippen LogP contribution in [-0.4, -0.2) is 42.7 Å². The van der Waals surface area contributed by atoms with Gasteiger partial charge in [-0.2, -0.15) is 0 Å². The van der Waals surface area contributed by atoms with Gasteiger partial charge >= 0.3 is 11.9 Å². The highest BCUT2D eigenvalue weighted by molar-refractivity contribution is 8.00. The van der Waals surface area contributed by atoms with Gasteiger partial charge < -0.3 is 14.8 Å². The third-order valence-corrected chi connectivity index (χ3v) is 6.25. The minimum absolute atomic E-state index is 0.0335. The molecule has 1 atom stereocenters. The molecule has 1 aromatic carbocycles. The van der Waals surface area contributed by atoms with Crippen LogP contribution in [0.2, 0.25) is 0 Å². The summed E-state index contributed by atoms with van der Waals surface area (Å²) in [5, 5.41) is 17.5. The number of hydrogen-bond donors (Lipinski definition) is 2. The van der Waals surface area contributed by atoms with Crippen LogP contribution in [0.15, 0.2) is 42.7 Å². The summed E-state index contributed by atoms with van der Waals surface area (Å²) < 4.78 is 2.03. The van der Waals surface area contributed by atoms with Crippen LogP contribution in [0.1, 0.15) is 56.3 Å². The highest BCUT2D eigenvalue weighted by Gasteiger charge is 2.21. The lowest BCUT2D eigenvalue weighted by Gasteiger charge is -2.13. The third-order valence-electron chi connectivity index (χ3n) is 5.04. The summed E-state index contributed by atoms with van der Waals surface area (Å²) in [5.74, 6) is -0.784. The van der Waals surface area contributed by atoms with Gasteiger partial charge in [0.05, 0.1) is 6.42 Å². The summed E-state index contributed by atoms with van der Waals surface area (Å²) in [5.41, 5.74) is 1.41. The van der Waals surface area contributed by atoms with E-state index in [-0.39, 0.29) is 12.2 Å². The molecule has 0 bridgehead atoms. The number of unbranched alkanes of at least 4 members (excludes halogenated alkanes) is 5. The van der Waals surface area contributed by atoms with E-state index in [1.54, 1.807) is 6.20 Å². The number of aromatic nitrogens is 2. The van der Waals surface area contributed by atoms with Gasteiger partial charge in [0.2, 0.25) is 0 Å². The fourth-order valence-electron chi connectivity index (χ4n) is 3.37. The Morgan fingerprint density at radius 3 is 2.40 bits per heavy atom. The number of carbonyl (C=O) groups is 2. The lowest BCUT2D eigenvalue weighted by Crippen LogP contribution is -2.22. The first kappa shape index (κ1) is 24.0. The lowest BCUT2D eigenvalue weighted by molar-refractivity contribution is -0.137. The first-order valence-electron chi connectivity index (χ1n) is 10.7. The SMILES string of the molecule is O=C(O)CCSC(Cc1nccn1CCCCCCCCc1ccccc1)C(=O)O. The van der Waals surface area contributed by atoms with Crippen LogP contribution in [0.4, 0.5) is 0 Å². The molecule has 0 saturated carbocycles. The average Bonchev–Trinajstić information content (AvgIpc) is 3.16. The molecule has 2 aromatic rings. The molecule has 0 saturated heterocycles. The maximum absolute atomic E-state index is 11.5. The van der Waals surface area contributed by atoms with E-state index in [0.717, 1.165) is 31.6 Å². The van der Waals surface area contributed by atoms with Crippen molar-refractivity contribution in [1.82, 2.24) is 9.55 Å².